The van der Waals surface area contributed by atoms with Gasteiger partial charge in [-0.05, 0) is 77.9 Å². The quantitative estimate of drug-likeness (QED) is 0.367. The molecule has 0 fully saturated rings. The highest BCUT2D eigenvalue weighted by Crippen LogP contribution is 2.27. The summed E-state index contributed by atoms with van der Waals surface area (Å²) in [6.45, 7) is 0.504. The molecule has 8 heteroatoms. The molecule has 4 N–H and O–H groups in total. The van der Waals surface area contributed by atoms with Gasteiger partial charge in [0.25, 0.3) is 0 Å². The molecule has 166 valence electrons. The molecule has 1 amide bonds. The maximum atomic E-state index is 13.4. The molecule has 0 unspecified atom stereocenters. The Bertz CT molecular complexity index is 924. The van der Waals surface area contributed by atoms with Crippen LogP contribution in [0.5, 0.6) is 5.75 Å². The first-order chi connectivity index (χ1) is 15.0. The van der Waals surface area contributed by atoms with Crippen molar-refractivity contribution in [2.24, 2.45) is 0 Å². The van der Waals surface area contributed by atoms with E-state index in [-0.39, 0.29) is 24.9 Å². The molecule has 2 aromatic rings. The molecule has 0 radical (unpaired) electrons. The van der Waals surface area contributed by atoms with Crippen LogP contribution in [0.3, 0.4) is 0 Å². The monoisotopic (exact) mass is 540 g/mol. The number of ether oxygens (including phenoxy) is 1. The van der Waals surface area contributed by atoms with Crippen LogP contribution in [-0.2, 0) is 11.2 Å². The third-order valence-corrected chi connectivity index (χ3v) is 5.94. The van der Waals surface area contributed by atoms with Crippen molar-refractivity contribution in [3.8, 4) is 5.75 Å². The second-order valence-electron chi connectivity index (χ2n) is 7.32. The number of hydrogen-bond donors (Lipinski definition) is 4. The molecule has 0 heterocycles. The summed E-state index contributed by atoms with van der Waals surface area (Å²) in [6, 6.07) is 13.4. The number of para-hydroxylation sites is 1. The second kappa shape index (κ2) is 11.6. The number of carbonyl (C=O) groups excluding carboxylic acids is 1. The summed E-state index contributed by atoms with van der Waals surface area (Å²) in [5, 5.41) is 25.9. The standard InChI is InChI=1S/C23H26FIN2O4/c24-17-5-3-4-15(12-17)8-9-26-19-13-16(23(30)27-10-11-28)14-21(22(19)29)31-20-7-2-1-6-18(20)25/h1-7,12,14,19,21-22,26,28-29H,8-11,13H2,(H,27,30)/t19-,21+,22+/m1/s1. The highest BCUT2D eigenvalue weighted by atomic mass is 127. The average Bonchev–Trinajstić information content (AvgIpc) is 2.76. The van der Waals surface area contributed by atoms with E-state index in [4.69, 9.17) is 9.84 Å². The summed E-state index contributed by atoms with van der Waals surface area (Å²) < 4.78 is 20.3. The molecule has 2 aromatic carbocycles. The lowest BCUT2D eigenvalue weighted by Crippen LogP contribution is -2.52. The molecule has 6 nitrogen and oxygen atoms in total. The number of aliphatic hydroxyl groups is 2. The average molecular weight is 540 g/mol. The normalized spacial score (nSPS) is 20.8. The third-order valence-electron chi connectivity index (χ3n) is 5.05. The maximum absolute atomic E-state index is 13.4. The molecule has 3 atom stereocenters. The molecule has 1 aliphatic carbocycles. The fourth-order valence-electron chi connectivity index (χ4n) is 3.48. The first kappa shape index (κ1) is 23.6. The Kier molecular flexibility index (Phi) is 8.82. The van der Waals surface area contributed by atoms with Gasteiger partial charge in [0.05, 0.1) is 10.2 Å². The molecule has 1 aliphatic rings. The van der Waals surface area contributed by atoms with Crippen LogP contribution in [0.15, 0.2) is 60.2 Å². The lowest BCUT2D eigenvalue weighted by atomic mass is 9.89. The van der Waals surface area contributed by atoms with Crippen molar-refractivity contribution in [1.82, 2.24) is 10.6 Å². The zero-order valence-electron chi connectivity index (χ0n) is 16.9. The lowest BCUT2D eigenvalue weighted by Gasteiger charge is -2.34. The minimum Gasteiger partial charge on any atom is -0.482 e. The predicted octanol–water partition coefficient (Wildman–Crippen LogP) is 2.18. The van der Waals surface area contributed by atoms with E-state index >= 15 is 0 Å². The number of benzene rings is 2. The Morgan fingerprint density at radius 2 is 2.00 bits per heavy atom. The van der Waals surface area contributed by atoms with E-state index < -0.39 is 18.2 Å². The Morgan fingerprint density at radius 3 is 2.74 bits per heavy atom. The number of halogens is 2. The van der Waals surface area contributed by atoms with E-state index in [1.807, 2.05) is 30.3 Å². The number of aliphatic hydroxyl groups excluding tert-OH is 2. The van der Waals surface area contributed by atoms with Crippen molar-refractivity contribution >= 4 is 28.5 Å². The SMILES string of the molecule is O=C(NCCO)C1=C[C@H](Oc2ccccc2I)[C@@H](O)[C@H](NCCc2cccc(F)c2)C1. The van der Waals surface area contributed by atoms with E-state index in [9.17, 15) is 14.3 Å². The van der Waals surface area contributed by atoms with Gasteiger partial charge >= 0.3 is 0 Å². The number of rotatable bonds is 9. The van der Waals surface area contributed by atoms with Crippen molar-refractivity contribution in [2.45, 2.75) is 31.1 Å². The van der Waals surface area contributed by atoms with Crippen molar-refractivity contribution in [1.29, 1.82) is 0 Å². The van der Waals surface area contributed by atoms with Gasteiger partial charge in [-0.3, -0.25) is 4.79 Å². The number of nitrogens with one attached hydrogen (secondary N) is 2. The van der Waals surface area contributed by atoms with Crippen LogP contribution in [-0.4, -0.2) is 54.1 Å². The summed E-state index contributed by atoms with van der Waals surface area (Å²) in [6.07, 6.45) is 0.946. The summed E-state index contributed by atoms with van der Waals surface area (Å²) >= 11 is 2.16. The van der Waals surface area contributed by atoms with Gasteiger partial charge in [-0.25, -0.2) is 4.39 Å². The molecule has 0 saturated heterocycles. The molecule has 0 aromatic heterocycles. The molecule has 0 saturated carbocycles. The largest absolute Gasteiger partial charge is 0.482 e. The highest BCUT2D eigenvalue weighted by Gasteiger charge is 2.35. The second-order valence-corrected chi connectivity index (χ2v) is 8.48. The zero-order chi connectivity index (χ0) is 22.2. The van der Waals surface area contributed by atoms with E-state index in [1.54, 1.807) is 12.1 Å². The fraction of sp³-hybridized carbons (Fsp3) is 0.348. The van der Waals surface area contributed by atoms with Crippen molar-refractivity contribution in [2.75, 3.05) is 19.7 Å². The van der Waals surface area contributed by atoms with Gasteiger partial charge in [-0.15, -0.1) is 0 Å². The maximum Gasteiger partial charge on any atom is 0.247 e. The molecule has 0 aliphatic heterocycles. The summed E-state index contributed by atoms with van der Waals surface area (Å²) in [4.78, 5) is 12.5. The smallest absolute Gasteiger partial charge is 0.247 e. The number of hydrogen-bond acceptors (Lipinski definition) is 5. The van der Waals surface area contributed by atoms with Crippen LogP contribution >= 0.6 is 22.6 Å². The van der Waals surface area contributed by atoms with E-state index in [0.29, 0.717) is 30.7 Å². The first-order valence-corrected chi connectivity index (χ1v) is 11.2. The van der Waals surface area contributed by atoms with Crippen LogP contribution in [0.1, 0.15) is 12.0 Å². The van der Waals surface area contributed by atoms with Gasteiger partial charge in [-0.1, -0.05) is 24.3 Å². The van der Waals surface area contributed by atoms with Gasteiger partial charge in [0.1, 0.15) is 23.8 Å². The molecular formula is C23H26FIN2O4. The highest BCUT2D eigenvalue weighted by molar-refractivity contribution is 14.1. The Morgan fingerprint density at radius 1 is 1.19 bits per heavy atom. The van der Waals surface area contributed by atoms with Crippen LogP contribution in [0.4, 0.5) is 4.39 Å². The minimum atomic E-state index is -0.877. The third kappa shape index (κ3) is 6.73. The Balaban J connectivity index is 1.72. The Hall–Kier alpha value is -2.01. The van der Waals surface area contributed by atoms with Crippen molar-refractivity contribution in [3.05, 3.63) is 75.1 Å². The Labute approximate surface area is 194 Å². The van der Waals surface area contributed by atoms with Gasteiger partial charge < -0.3 is 25.6 Å². The summed E-state index contributed by atoms with van der Waals surface area (Å²) in [5.74, 6) is 0.0417. The van der Waals surface area contributed by atoms with Crippen molar-refractivity contribution in [3.63, 3.8) is 0 Å². The topological polar surface area (TPSA) is 90.8 Å². The zero-order valence-corrected chi connectivity index (χ0v) is 19.1. The van der Waals surface area contributed by atoms with Gasteiger partial charge in [0.15, 0.2) is 0 Å². The molecule has 0 bridgehead atoms. The van der Waals surface area contributed by atoms with Gasteiger partial charge in [0.2, 0.25) is 5.91 Å². The summed E-state index contributed by atoms with van der Waals surface area (Å²) in [7, 11) is 0. The molecule has 0 spiro atoms. The van der Waals surface area contributed by atoms with E-state index in [2.05, 4.69) is 33.2 Å². The van der Waals surface area contributed by atoms with Crippen molar-refractivity contribution < 1.29 is 24.1 Å². The number of carbonyl (C=O) groups is 1. The number of amides is 1. The minimum absolute atomic E-state index is 0.151. The lowest BCUT2D eigenvalue weighted by molar-refractivity contribution is -0.118. The van der Waals surface area contributed by atoms with E-state index in [1.165, 1.54) is 12.1 Å². The molecule has 3 rings (SSSR count). The summed E-state index contributed by atoms with van der Waals surface area (Å²) in [5.41, 5.74) is 1.33. The first-order valence-electron chi connectivity index (χ1n) is 10.1. The van der Waals surface area contributed by atoms with E-state index in [0.717, 1.165) is 9.13 Å². The molecular weight excluding hydrogens is 514 g/mol. The fourth-order valence-corrected chi connectivity index (χ4v) is 4.00. The van der Waals surface area contributed by atoms with Crippen LogP contribution in [0, 0.1) is 9.39 Å². The van der Waals surface area contributed by atoms with Crippen LogP contribution in [0.2, 0.25) is 0 Å². The van der Waals surface area contributed by atoms with Crippen LogP contribution in [0.25, 0.3) is 0 Å². The predicted molar refractivity (Wildman–Crippen MR) is 124 cm³/mol. The molecule has 31 heavy (non-hydrogen) atoms. The van der Waals surface area contributed by atoms with Gasteiger partial charge in [0, 0.05) is 18.2 Å². The van der Waals surface area contributed by atoms with Crippen LogP contribution < -0.4 is 15.4 Å². The van der Waals surface area contributed by atoms with Gasteiger partial charge in [-0.2, -0.15) is 0 Å².